The van der Waals surface area contributed by atoms with E-state index in [1.165, 1.54) is 13.3 Å². The highest BCUT2D eigenvalue weighted by Crippen LogP contribution is 1.99. The van der Waals surface area contributed by atoms with Crippen molar-refractivity contribution < 1.29 is 14.7 Å². The van der Waals surface area contributed by atoms with Crippen LogP contribution in [-0.4, -0.2) is 29.0 Å². The van der Waals surface area contributed by atoms with Crippen LogP contribution in [0.1, 0.15) is 5.56 Å². The second-order valence-corrected chi connectivity index (χ2v) is 2.18. The number of carbonyl (C=O) groups excluding carboxylic acids is 1. The van der Waals surface area contributed by atoms with Crippen LogP contribution in [0.5, 0.6) is 0 Å². The van der Waals surface area contributed by atoms with Crippen LogP contribution >= 0.6 is 0 Å². The number of esters is 1. The van der Waals surface area contributed by atoms with E-state index >= 15 is 0 Å². The summed E-state index contributed by atoms with van der Waals surface area (Å²) < 4.78 is 4.40. The van der Waals surface area contributed by atoms with Gasteiger partial charge in [0, 0.05) is 18.0 Å². The quantitative estimate of drug-likeness (QED) is 0.310. The van der Waals surface area contributed by atoms with Gasteiger partial charge in [0.1, 0.15) is 0 Å². The van der Waals surface area contributed by atoms with E-state index in [2.05, 4.69) is 14.9 Å². The number of ether oxygens (including phenoxy) is 1. The molecule has 5 heteroatoms. The lowest BCUT2D eigenvalue weighted by atomic mass is 10.2. The number of nitrogens with zero attached hydrogens (tertiary/aromatic N) is 2. The number of methoxy groups -OCH3 is 1. The summed E-state index contributed by atoms with van der Waals surface area (Å²) in [7, 11) is 1.21. The van der Waals surface area contributed by atoms with Crippen LogP contribution in [0.15, 0.2) is 29.7 Å². The molecule has 0 spiro atoms. The summed E-state index contributed by atoms with van der Waals surface area (Å²) in [6.07, 6.45) is 2.96. The highest BCUT2D eigenvalue weighted by molar-refractivity contribution is 6.43. The lowest BCUT2D eigenvalue weighted by molar-refractivity contribution is -0.132. The number of rotatable bonds is 2. The molecule has 0 aliphatic carbocycles. The molecule has 0 radical (unpaired) electrons. The Bertz CT molecular complexity index is 321. The molecule has 1 rings (SSSR count). The molecule has 1 aromatic rings. The molecule has 0 unspecified atom stereocenters. The lowest BCUT2D eigenvalue weighted by Gasteiger charge is -2.00. The predicted octanol–water partition coefficient (Wildman–Crippen LogP) is 0.433. The number of hydrogen-bond donors (Lipinski definition) is 1. The zero-order valence-corrected chi connectivity index (χ0v) is 6.97. The van der Waals surface area contributed by atoms with Crippen molar-refractivity contribution in [3.8, 4) is 0 Å². The van der Waals surface area contributed by atoms with Crippen molar-refractivity contribution in [2.24, 2.45) is 5.16 Å². The molecule has 0 saturated carbocycles. The number of aromatic nitrogens is 1. The van der Waals surface area contributed by atoms with Crippen LogP contribution in [0.2, 0.25) is 0 Å². The summed E-state index contributed by atoms with van der Waals surface area (Å²) in [5.41, 5.74) is 0.257. The highest BCUT2D eigenvalue weighted by atomic mass is 16.5. The summed E-state index contributed by atoms with van der Waals surface area (Å²) in [6.45, 7) is 0. The second-order valence-electron chi connectivity index (χ2n) is 2.18. The van der Waals surface area contributed by atoms with Gasteiger partial charge in [0.2, 0.25) is 0 Å². The van der Waals surface area contributed by atoms with Crippen molar-refractivity contribution in [3.63, 3.8) is 0 Å². The molecule has 0 aliphatic heterocycles. The average molecular weight is 180 g/mol. The largest absolute Gasteiger partial charge is 0.464 e. The Morgan fingerprint density at radius 2 is 2.46 bits per heavy atom. The Morgan fingerprint density at radius 1 is 1.69 bits per heavy atom. The van der Waals surface area contributed by atoms with Crippen LogP contribution in [-0.2, 0) is 9.53 Å². The first-order chi connectivity index (χ1) is 6.29. The van der Waals surface area contributed by atoms with E-state index in [1.54, 1.807) is 18.3 Å². The summed E-state index contributed by atoms with van der Waals surface area (Å²) in [5.74, 6) is -0.699. The van der Waals surface area contributed by atoms with Gasteiger partial charge in [-0.05, 0) is 12.1 Å². The van der Waals surface area contributed by atoms with E-state index in [0.717, 1.165) is 0 Å². The van der Waals surface area contributed by atoms with Crippen LogP contribution in [0, 0.1) is 0 Å². The van der Waals surface area contributed by atoms with E-state index in [0.29, 0.717) is 5.56 Å². The fourth-order valence-electron chi connectivity index (χ4n) is 0.816. The van der Waals surface area contributed by atoms with Crippen molar-refractivity contribution >= 4 is 11.7 Å². The Labute approximate surface area is 74.7 Å². The number of hydrogen-bond acceptors (Lipinski definition) is 5. The first kappa shape index (κ1) is 9.18. The Balaban J connectivity index is 3.00. The van der Waals surface area contributed by atoms with Crippen LogP contribution in [0.25, 0.3) is 0 Å². The smallest absolute Gasteiger partial charge is 0.360 e. The second kappa shape index (κ2) is 4.20. The summed E-state index contributed by atoms with van der Waals surface area (Å²) in [5, 5.41) is 11.4. The molecule has 1 N–H and O–H groups in total. The molecule has 0 aromatic carbocycles. The summed E-state index contributed by atoms with van der Waals surface area (Å²) in [6, 6.07) is 3.22. The third kappa shape index (κ3) is 2.02. The third-order valence-electron chi connectivity index (χ3n) is 1.41. The Hall–Kier alpha value is -1.91. The molecule has 0 bridgehead atoms. The standard InChI is InChI=1S/C8H8N2O3/c1-13-8(11)7(10-12)6-3-2-4-9-5-6/h2-5,12H,1H3/b10-7-. The molecule has 1 heterocycles. The molecule has 0 amide bonds. The van der Waals surface area contributed by atoms with Crippen molar-refractivity contribution in [1.82, 2.24) is 4.98 Å². The normalized spacial score (nSPS) is 11.0. The SMILES string of the molecule is COC(=O)/C(=N\O)c1cccnc1. The number of carbonyl (C=O) groups is 1. The number of oxime groups is 1. The van der Waals surface area contributed by atoms with E-state index in [9.17, 15) is 4.79 Å². The minimum absolute atomic E-state index is 0.157. The predicted molar refractivity (Wildman–Crippen MR) is 44.6 cm³/mol. The van der Waals surface area contributed by atoms with Gasteiger partial charge in [0.25, 0.3) is 0 Å². The number of pyridine rings is 1. The van der Waals surface area contributed by atoms with Crippen LogP contribution in [0.4, 0.5) is 0 Å². The maximum Gasteiger partial charge on any atom is 0.360 e. The fraction of sp³-hybridized carbons (Fsp3) is 0.125. The van der Waals surface area contributed by atoms with Gasteiger partial charge in [0.05, 0.1) is 7.11 Å². The first-order valence-electron chi connectivity index (χ1n) is 3.50. The molecule has 0 fully saturated rings. The monoisotopic (exact) mass is 180 g/mol. The van der Waals surface area contributed by atoms with Gasteiger partial charge in [-0.1, -0.05) is 5.16 Å². The van der Waals surface area contributed by atoms with E-state index < -0.39 is 5.97 Å². The van der Waals surface area contributed by atoms with Gasteiger partial charge in [-0.2, -0.15) is 0 Å². The minimum Gasteiger partial charge on any atom is -0.464 e. The van der Waals surface area contributed by atoms with Gasteiger partial charge in [-0.15, -0.1) is 0 Å². The Morgan fingerprint density at radius 3 is 2.92 bits per heavy atom. The average Bonchev–Trinajstić information content (AvgIpc) is 2.20. The topological polar surface area (TPSA) is 71.8 Å². The first-order valence-corrected chi connectivity index (χ1v) is 3.50. The van der Waals surface area contributed by atoms with Gasteiger partial charge in [0.15, 0.2) is 5.71 Å². The Kier molecular flexibility index (Phi) is 2.97. The van der Waals surface area contributed by atoms with E-state index in [1.807, 2.05) is 0 Å². The van der Waals surface area contributed by atoms with E-state index in [-0.39, 0.29) is 5.71 Å². The molecule has 68 valence electrons. The maximum absolute atomic E-state index is 11.0. The van der Waals surface area contributed by atoms with Gasteiger partial charge >= 0.3 is 5.97 Å². The van der Waals surface area contributed by atoms with Gasteiger partial charge in [-0.3, -0.25) is 4.98 Å². The third-order valence-corrected chi connectivity index (χ3v) is 1.41. The van der Waals surface area contributed by atoms with Crippen molar-refractivity contribution in [1.29, 1.82) is 0 Å². The molecular formula is C8H8N2O3. The zero-order valence-electron chi connectivity index (χ0n) is 6.97. The fourth-order valence-corrected chi connectivity index (χ4v) is 0.816. The van der Waals surface area contributed by atoms with E-state index in [4.69, 9.17) is 5.21 Å². The molecular weight excluding hydrogens is 172 g/mol. The molecule has 13 heavy (non-hydrogen) atoms. The zero-order chi connectivity index (χ0) is 9.68. The molecule has 0 saturated heterocycles. The van der Waals surface area contributed by atoms with Crippen molar-refractivity contribution in [2.75, 3.05) is 7.11 Å². The lowest BCUT2D eigenvalue weighted by Crippen LogP contribution is -2.17. The molecule has 0 aliphatic rings. The molecule has 1 aromatic heterocycles. The molecule has 0 atom stereocenters. The van der Waals surface area contributed by atoms with Crippen molar-refractivity contribution in [2.45, 2.75) is 0 Å². The molecule has 5 nitrogen and oxygen atoms in total. The minimum atomic E-state index is -0.699. The van der Waals surface area contributed by atoms with Gasteiger partial charge < -0.3 is 9.94 Å². The summed E-state index contributed by atoms with van der Waals surface area (Å²) >= 11 is 0. The van der Waals surface area contributed by atoms with Gasteiger partial charge in [-0.25, -0.2) is 4.79 Å². The van der Waals surface area contributed by atoms with Crippen molar-refractivity contribution in [3.05, 3.63) is 30.1 Å². The van der Waals surface area contributed by atoms with Crippen LogP contribution < -0.4 is 0 Å². The highest BCUT2D eigenvalue weighted by Gasteiger charge is 2.14. The maximum atomic E-state index is 11.0. The van der Waals surface area contributed by atoms with Crippen LogP contribution in [0.3, 0.4) is 0 Å². The summed E-state index contributed by atoms with van der Waals surface area (Å²) in [4.78, 5) is 14.8.